The molecule has 45 heavy (non-hydrogen) atoms. The molecule has 0 unspecified atom stereocenters. The SMILES string of the molecule is CCCCCCCCCCCCCCCC(=O)OCCOCCOCCOCCOCCOCCOCCOCCOCCCl. The van der Waals surface area contributed by atoms with Gasteiger partial charge in [0.25, 0.3) is 0 Å². The summed E-state index contributed by atoms with van der Waals surface area (Å²) in [6, 6.07) is 0. The van der Waals surface area contributed by atoms with Crippen molar-refractivity contribution in [1.82, 2.24) is 0 Å². The standard InChI is InChI=1S/C34H67ClO10/c1-2-3-4-5-6-7-8-9-10-11-12-13-14-15-34(36)45-33-32-44-31-30-43-29-28-42-27-26-41-25-24-40-23-22-39-21-20-38-19-18-37-17-16-35/h2-33H2,1H3. The van der Waals surface area contributed by atoms with Gasteiger partial charge in [-0.15, -0.1) is 11.6 Å². The highest BCUT2D eigenvalue weighted by Gasteiger charge is 2.03. The molecule has 0 aromatic heterocycles. The fraction of sp³-hybridized carbons (Fsp3) is 0.971. The molecule has 270 valence electrons. The Bertz CT molecular complexity index is 559. The number of ether oxygens (including phenoxy) is 9. The Balaban J connectivity index is 3.12. The molecule has 0 aromatic carbocycles. The summed E-state index contributed by atoms with van der Waals surface area (Å²) < 4.78 is 48.6. The summed E-state index contributed by atoms with van der Waals surface area (Å²) in [4.78, 5) is 11.8. The van der Waals surface area contributed by atoms with Crippen molar-refractivity contribution in [2.75, 3.05) is 118 Å². The zero-order valence-corrected chi connectivity index (χ0v) is 29.3. The Kier molecular flexibility index (Phi) is 40.9. The van der Waals surface area contributed by atoms with Crippen LogP contribution in [0.3, 0.4) is 0 Å². The Labute approximate surface area is 279 Å². The van der Waals surface area contributed by atoms with Crippen LogP contribution in [0.1, 0.15) is 96.8 Å². The van der Waals surface area contributed by atoms with Gasteiger partial charge in [0.1, 0.15) is 6.61 Å². The van der Waals surface area contributed by atoms with Crippen molar-refractivity contribution >= 4 is 17.6 Å². The molecule has 0 radical (unpaired) electrons. The smallest absolute Gasteiger partial charge is 0.305 e. The lowest BCUT2D eigenvalue weighted by Gasteiger charge is -2.09. The van der Waals surface area contributed by atoms with Crippen molar-refractivity contribution in [2.45, 2.75) is 96.8 Å². The Morgan fingerprint density at radius 2 is 0.644 bits per heavy atom. The lowest BCUT2D eigenvalue weighted by molar-refractivity contribution is -0.145. The first-order valence-corrected chi connectivity index (χ1v) is 18.2. The molecule has 11 heteroatoms. The molecule has 0 atom stereocenters. The number of carbonyl (C=O) groups is 1. The molecule has 0 aromatic rings. The number of esters is 1. The molecule has 0 bridgehead atoms. The lowest BCUT2D eigenvalue weighted by atomic mass is 10.0. The summed E-state index contributed by atoms with van der Waals surface area (Å²) >= 11 is 5.51. The summed E-state index contributed by atoms with van der Waals surface area (Å²) in [6.45, 7) is 10.6. The Morgan fingerprint density at radius 1 is 0.378 bits per heavy atom. The van der Waals surface area contributed by atoms with E-state index in [-0.39, 0.29) is 5.97 Å². The van der Waals surface area contributed by atoms with Crippen molar-refractivity contribution in [2.24, 2.45) is 0 Å². The molecule has 0 heterocycles. The van der Waals surface area contributed by atoms with Crippen LogP contribution in [0.4, 0.5) is 0 Å². The second-order valence-electron chi connectivity index (χ2n) is 10.8. The van der Waals surface area contributed by atoms with E-state index in [0.29, 0.717) is 125 Å². The third-order valence-corrected chi connectivity index (χ3v) is 6.96. The van der Waals surface area contributed by atoms with E-state index in [2.05, 4.69) is 6.92 Å². The van der Waals surface area contributed by atoms with Gasteiger partial charge in [-0.3, -0.25) is 4.79 Å². The minimum Gasteiger partial charge on any atom is -0.463 e. The van der Waals surface area contributed by atoms with Gasteiger partial charge in [0.15, 0.2) is 0 Å². The zero-order chi connectivity index (χ0) is 32.6. The molecule has 0 fully saturated rings. The van der Waals surface area contributed by atoms with E-state index in [1.807, 2.05) is 0 Å². The van der Waals surface area contributed by atoms with E-state index >= 15 is 0 Å². The van der Waals surface area contributed by atoms with Crippen molar-refractivity contribution in [3.63, 3.8) is 0 Å². The summed E-state index contributed by atoms with van der Waals surface area (Å²) in [7, 11) is 0. The topological polar surface area (TPSA) is 100 Å². The first-order chi connectivity index (χ1) is 22.3. The van der Waals surface area contributed by atoms with Crippen LogP contribution in [0.5, 0.6) is 0 Å². The molecule has 0 amide bonds. The van der Waals surface area contributed by atoms with Gasteiger partial charge in [0, 0.05) is 12.3 Å². The first kappa shape index (κ1) is 44.4. The number of halogens is 1. The quantitative estimate of drug-likeness (QED) is 0.0415. The fourth-order valence-electron chi connectivity index (χ4n) is 4.27. The fourth-order valence-corrected chi connectivity index (χ4v) is 4.38. The molecule has 0 aliphatic heterocycles. The molecule has 0 rings (SSSR count). The second kappa shape index (κ2) is 41.5. The maximum atomic E-state index is 11.8. The number of rotatable bonds is 40. The van der Waals surface area contributed by atoms with Crippen LogP contribution in [-0.4, -0.2) is 124 Å². The summed E-state index contributed by atoms with van der Waals surface area (Å²) in [6.07, 6.45) is 17.4. The number of unbranched alkanes of at least 4 members (excludes halogenated alkanes) is 12. The van der Waals surface area contributed by atoms with E-state index in [1.54, 1.807) is 0 Å². The third-order valence-electron chi connectivity index (χ3n) is 6.80. The lowest BCUT2D eigenvalue weighted by Crippen LogP contribution is -2.15. The van der Waals surface area contributed by atoms with Crippen molar-refractivity contribution in [1.29, 1.82) is 0 Å². The molecular weight excluding hydrogens is 604 g/mol. The van der Waals surface area contributed by atoms with Crippen LogP contribution in [-0.2, 0) is 47.4 Å². The van der Waals surface area contributed by atoms with E-state index < -0.39 is 0 Å². The highest BCUT2D eigenvalue weighted by atomic mass is 35.5. The van der Waals surface area contributed by atoms with E-state index in [4.69, 9.17) is 54.2 Å². The van der Waals surface area contributed by atoms with Crippen molar-refractivity contribution in [3.8, 4) is 0 Å². The number of carbonyl (C=O) groups excluding carboxylic acids is 1. The third kappa shape index (κ3) is 41.4. The number of alkyl halides is 1. The van der Waals surface area contributed by atoms with Gasteiger partial charge in [0.2, 0.25) is 0 Å². The van der Waals surface area contributed by atoms with E-state index in [1.165, 1.54) is 70.6 Å². The molecule has 0 saturated carbocycles. The van der Waals surface area contributed by atoms with E-state index in [9.17, 15) is 4.79 Å². The maximum absolute atomic E-state index is 11.8. The molecular formula is C34H67ClO10. The highest BCUT2D eigenvalue weighted by molar-refractivity contribution is 6.17. The molecule has 0 aliphatic rings. The average molecular weight is 671 g/mol. The van der Waals surface area contributed by atoms with Gasteiger partial charge < -0.3 is 42.6 Å². The van der Waals surface area contributed by atoms with Crippen LogP contribution in [0.2, 0.25) is 0 Å². The van der Waals surface area contributed by atoms with Crippen LogP contribution >= 0.6 is 11.6 Å². The van der Waals surface area contributed by atoms with Gasteiger partial charge in [-0.2, -0.15) is 0 Å². The number of hydrogen-bond acceptors (Lipinski definition) is 10. The second-order valence-corrected chi connectivity index (χ2v) is 11.2. The van der Waals surface area contributed by atoms with Gasteiger partial charge in [-0.05, 0) is 6.42 Å². The Hall–Kier alpha value is -0.560. The average Bonchev–Trinajstić information content (AvgIpc) is 3.05. The summed E-state index contributed by atoms with van der Waals surface area (Å²) in [5.41, 5.74) is 0. The minimum absolute atomic E-state index is 0.129. The van der Waals surface area contributed by atoms with Gasteiger partial charge in [-0.25, -0.2) is 0 Å². The van der Waals surface area contributed by atoms with Crippen LogP contribution in [0, 0.1) is 0 Å². The normalized spacial score (nSPS) is 11.4. The predicted molar refractivity (Wildman–Crippen MR) is 179 cm³/mol. The van der Waals surface area contributed by atoms with Crippen LogP contribution in [0.25, 0.3) is 0 Å². The predicted octanol–water partition coefficient (Wildman–Crippen LogP) is 6.38. The minimum atomic E-state index is -0.129. The highest BCUT2D eigenvalue weighted by Crippen LogP contribution is 2.13. The first-order valence-electron chi connectivity index (χ1n) is 17.6. The zero-order valence-electron chi connectivity index (χ0n) is 28.6. The Morgan fingerprint density at radius 3 is 0.956 bits per heavy atom. The summed E-state index contributed by atoms with van der Waals surface area (Å²) in [5.74, 6) is 0.369. The van der Waals surface area contributed by atoms with Crippen LogP contribution in [0.15, 0.2) is 0 Å². The van der Waals surface area contributed by atoms with Gasteiger partial charge in [-0.1, -0.05) is 84.0 Å². The molecule has 0 saturated heterocycles. The molecule has 0 N–H and O–H groups in total. The molecule has 0 aliphatic carbocycles. The van der Waals surface area contributed by atoms with Gasteiger partial charge >= 0.3 is 5.97 Å². The summed E-state index contributed by atoms with van der Waals surface area (Å²) in [5, 5.41) is 0. The van der Waals surface area contributed by atoms with Crippen molar-refractivity contribution < 1.29 is 47.4 Å². The molecule has 0 spiro atoms. The molecule has 10 nitrogen and oxygen atoms in total. The van der Waals surface area contributed by atoms with E-state index in [0.717, 1.165) is 12.8 Å². The number of hydrogen-bond donors (Lipinski definition) is 0. The van der Waals surface area contributed by atoms with Gasteiger partial charge in [0.05, 0.1) is 106 Å². The van der Waals surface area contributed by atoms with Crippen LogP contribution < -0.4 is 0 Å². The van der Waals surface area contributed by atoms with Crippen molar-refractivity contribution in [3.05, 3.63) is 0 Å². The monoisotopic (exact) mass is 670 g/mol. The maximum Gasteiger partial charge on any atom is 0.305 e. The largest absolute Gasteiger partial charge is 0.463 e.